The maximum atomic E-state index is 12.7. The van der Waals surface area contributed by atoms with Gasteiger partial charge < -0.3 is 10.1 Å². The van der Waals surface area contributed by atoms with Gasteiger partial charge in [-0.25, -0.2) is 4.79 Å². The highest BCUT2D eigenvalue weighted by molar-refractivity contribution is 7.14. The summed E-state index contributed by atoms with van der Waals surface area (Å²) in [4.78, 5) is 43.0. The molecule has 3 rings (SSSR count). The Morgan fingerprint density at radius 3 is 2.52 bits per heavy atom. The fourth-order valence-electron chi connectivity index (χ4n) is 2.98. The van der Waals surface area contributed by atoms with E-state index in [1.807, 2.05) is 52.8 Å². The second kappa shape index (κ2) is 8.98. The molecule has 0 spiro atoms. The topological polar surface area (TPSA) is 85.4 Å². The van der Waals surface area contributed by atoms with E-state index in [2.05, 4.69) is 10.3 Å². The average Bonchev–Trinajstić information content (AvgIpc) is 3.18. The molecule has 1 aromatic carbocycles. The molecule has 2 aromatic heterocycles. The van der Waals surface area contributed by atoms with Crippen LogP contribution in [0.1, 0.15) is 56.9 Å². The number of hydrogen-bond acceptors (Lipinski definition) is 6. The largest absolute Gasteiger partial charge is 0.454 e. The molecule has 0 aliphatic carbocycles. The molecule has 7 heteroatoms. The molecule has 0 saturated carbocycles. The summed E-state index contributed by atoms with van der Waals surface area (Å²) in [5.74, 6) is -0.889. The van der Waals surface area contributed by atoms with Gasteiger partial charge in [-0.15, -0.1) is 11.3 Å². The van der Waals surface area contributed by atoms with Crippen molar-refractivity contribution in [3.63, 3.8) is 0 Å². The predicted molar refractivity (Wildman–Crippen MR) is 121 cm³/mol. The van der Waals surface area contributed by atoms with Crippen LogP contribution < -0.4 is 5.32 Å². The van der Waals surface area contributed by atoms with Crippen molar-refractivity contribution in [2.45, 2.75) is 41.2 Å². The highest BCUT2D eigenvalue weighted by atomic mass is 32.1. The number of aromatic nitrogens is 1. The van der Waals surface area contributed by atoms with Crippen molar-refractivity contribution in [1.82, 2.24) is 10.3 Å². The van der Waals surface area contributed by atoms with Crippen molar-refractivity contribution in [2.75, 3.05) is 6.61 Å². The number of ether oxygens (including phenoxy) is 1. The number of Topliss-reactive ketones (excluding diaryl/α,β-unsaturated/α-hetero) is 1. The Kier molecular flexibility index (Phi) is 6.55. The smallest absolute Gasteiger partial charge is 0.339 e. The van der Waals surface area contributed by atoms with Gasteiger partial charge in [0.25, 0.3) is 0 Å². The molecule has 6 nitrogen and oxygen atoms in total. The lowest BCUT2D eigenvalue weighted by Gasteiger charge is -2.17. The summed E-state index contributed by atoms with van der Waals surface area (Å²) < 4.78 is 5.32. The molecule has 1 N–H and O–H groups in total. The molecule has 0 bridgehead atoms. The zero-order valence-electron chi connectivity index (χ0n) is 18.4. The Labute approximate surface area is 185 Å². The van der Waals surface area contributed by atoms with E-state index in [1.165, 1.54) is 11.3 Å². The number of pyridine rings is 1. The van der Waals surface area contributed by atoms with Crippen LogP contribution in [0.5, 0.6) is 0 Å². The number of amides is 1. The molecule has 0 aliphatic heterocycles. The Morgan fingerprint density at radius 1 is 1.06 bits per heavy atom. The van der Waals surface area contributed by atoms with E-state index in [1.54, 1.807) is 18.2 Å². The molecule has 0 fully saturated rings. The molecule has 0 saturated heterocycles. The zero-order chi connectivity index (χ0) is 22.8. The van der Waals surface area contributed by atoms with E-state index < -0.39 is 11.4 Å². The van der Waals surface area contributed by atoms with Crippen molar-refractivity contribution in [3.05, 3.63) is 63.0 Å². The first-order valence-electron chi connectivity index (χ1n) is 10.00. The molecule has 1 amide bonds. The van der Waals surface area contributed by atoms with Crippen LogP contribution in [-0.2, 0) is 16.1 Å². The van der Waals surface area contributed by atoms with Gasteiger partial charge in [0, 0.05) is 21.4 Å². The van der Waals surface area contributed by atoms with Crippen molar-refractivity contribution in [1.29, 1.82) is 0 Å². The molecule has 2 heterocycles. The van der Waals surface area contributed by atoms with Gasteiger partial charge in [0.2, 0.25) is 11.7 Å². The molecule has 0 unspecified atom stereocenters. The first-order chi connectivity index (χ1) is 14.5. The van der Waals surface area contributed by atoms with Crippen LogP contribution in [0.3, 0.4) is 0 Å². The molecule has 3 aromatic rings. The molecule has 162 valence electrons. The number of rotatable bonds is 6. The van der Waals surface area contributed by atoms with Gasteiger partial charge in [0.15, 0.2) is 6.61 Å². The molecule has 31 heavy (non-hydrogen) atoms. The number of thiophene rings is 1. The third kappa shape index (κ3) is 5.55. The summed E-state index contributed by atoms with van der Waals surface area (Å²) >= 11 is 1.28. The summed E-state index contributed by atoms with van der Waals surface area (Å²) in [7, 11) is 0. The lowest BCUT2D eigenvalue weighted by Crippen LogP contribution is -2.34. The number of carbonyl (C=O) groups is 3. The fourth-order valence-corrected chi connectivity index (χ4v) is 3.85. The van der Waals surface area contributed by atoms with Gasteiger partial charge in [0.05, 0.1) is 22.5 Å². The van der Waals surface area contributed by atoms with Crippen LogP contribution in [0, 0.1) is 19.3 Å². The van der Waals surface area contributed by atoms with Gasteiger partial charge in [-0.1, -0.05) is 32.4 Å². The van der Waals surface area contributed by atoms with Crippen LogP contribution in [0.4, 0.5) is 0 Å². The summed E-state index contributed by atoms with van der Waals surface area (Å²) in [5, 5.41) is 3.56. The maximum Gasteiger partial charge on any atom is 0.339 e. The van der Waals surface area contributed by atoms with E-state index >= 15 is 0 Å². The number of esters is 1. The van der Waals surface area contributed by atoms with E-state index in [-0.39, 0.29) is 18.3 Å². The first-order valence-corrected chi connectivity index (χ1v) is 10.8. The summed E-state index contributed by atoms with van der Waals surface area (Å²) in [5.41, 5.74) is 2.35. The van der Waals surface area contributed by atoms with Crippen LogP contribution in [-0.4, -0.2) is 29.3 Å². The highest BCUT2D eigenvalue weighted by Gasteiger charge is 2.21. The maximum absolute atomic E-state index is 12.7. The minimum atomic E-state index is -0.552. The number of ketones is 1. The third-order valence-corrected chi connectivity index (χ3v) is 5.81. The van der Waals surface area contributed by atoms with Crippen LogP contribution in [0.15, 0.2) is 36.4 Å². The van der Waals surface area contributed by atoms with Crippen LogP contribution in [0.2, 0.25) is 0 Å². The molecule has 0 aliphatic rings. The van der Waals surface area contributed by atoms with E-state index in [0.717, 1.165) is 10.4 Å². The highest BCUT2D eigenvalue weighted by Crippen LogP contribution is 2.22. The fraction of sp³-hybridized carbons (Fsp3) is 0.333. The molecule has 0 radical (unpaired) electrons. The van der Waals surface area contributed by atoms with Gasteiger partial charge in [-0.3, -0.25) is 14.6 Å². The third-order valence-electron chi connectivity index (χ3n) is 4.69. The second-order valence-electron chi connectivity index (χ2n) is 8.53. The number of hydrogen-bond donors (Lipinski definition) is 1. The van der Waals surface area contributed by atoms with Crippen molar-refractivity contribution in [3.8, 4) is 0 Å². The number of benzene rings is 1. The Hall–Kier alpha value is -3.06. The van der Waals surface area contributed by atoms with Gasteiger partial charge in [-0.05, 0) is 44.2 Å². The first kappa shape index (κ1) is 22.6. The lowest BCUT2D eigenvalue weighted by molar-refractivity contribution is -0.128. The summed E-state index contributed by atoms with van der Waals surface area (Å²) in [6, 6.07) is 10.9. The Bertz CT molecular complexity index is 1160. The quantitative estimate of drug-likeness (QED) is 0.448. The number of aryl methyl sites for hydroxylation is 2. The average molecular weight is 439 g/mol. The van der Waals surface area contributed by atoms with Crippen molar-refractivity contribution >= 4 is 39.9 Å². The van der Waals surface area contributed by atoms with Gasteiger partial charge in [-0.2, -0.15) is 0 Å². The van der Waals surface area contributed by atoms with E-state index in [4.69, 9.17) is 4.74 Å². The SMILES string of the molecule is Cc1ccc2nc(C)cc(C(=O)OCC(=O)c3ccc(CNC(=O)C(C)(C)C)s3)c2c1. The standard InChI is InChI=1S/C24H26N2O4S/c1-14-6-8-19-17(10-14)18(11-15(2)26-19)22(28)30-13-20(27)21-9-7-16(31-21)12-25-23(29)24(3,4)5/h6-11H,12-13H2,1-5H3,(H,25,29). The molecular formula is C24H26N2O4S. The van der Waals surface area contributed by atoms with Crippen LogP contribution >= 0.6 is 11.3 Å². The van der Waals surface area contributed by atoms with Crippen LogP contribution in [0.25, 0.3) is 10.9 Å². The number of carbonyl (C=O) groups excluding carboxylic acids is 3. The normalized spacial score (nSPS) is 11.4. The monoisotopic (exact) mass is 438 g/mol. The summed E-state index contributed by atoms with van der Waals surface area (Å²) in [6.45, 7) is 9.29. The van der Waals surface area contributed by atoms with E-state index in [9.17, 15) is 14.4 Å². The lowest BCUT2D eigenvalue weighted by atomic mass is 9.96. The number of fused-ring (bicyclic) bond motifs is 1. The molecule has 0 atom stereocenters. The van der Waals surface area contributed by atoms with Crippen molar-refractivity contribution in [2.24, 2.45) is 5.41 Å². The Morgan fingerprint density at radius 2 is 1.81 bits per heavy atom. The Balaban J connectivity index is 1.65. The number of nitrogens with one attached hydrogen (secondary N) is 1. The zero-order valence-corrected chi connectivity index (χ0v) is 19.2. The van der Waals surface area contributed by atoms with E-state index in [0.29, 0.717) is 33.6 Å². The minimum absolute atomic E-state index is 0.0576. The second-order valence-corrected chi connectivity index (χ2v) is 9.70. The number of nitrogens with zero attached hydrogens (tertiary/aromatic N) is 1. The van der Waals surface area contributed by atoms with Crippen molar-refractivity contribution < 1.29 is 19.1 Å². The summed E-state index contributed by atoms with van der Waals surface area (Å²) in [6.07, 6.45) is 0. The molecular weight excluding hydrogens is 412 g/mol. The predicted octanol–water partition coefficient (Wildman–Crippen LogP) is 4.62. The van der Waals surface area contributed by atoms with Gasteiger partial charge in [0.1, 0.15) is 0 Å². The minimum Gasteiger partial charge on any atom is -0.454 e. The van der Waals surface area contributed by atoms with Gasteiger partial charge >= 0.3 is 5.97 Å².